The zero-order valence-corrected chi connectivity index (χ0v) is 15.7. The molecule has 0 atom stereocenters. The van der Waals surface area contributed by atoms with Gasteiger partial charge in [0.25, 0.3) is 0 Å². The maximum atomic E-state index is 5.88. The Labute approximate surface area is 102 Å². The molecule has 1 spiro atoms. The van der Waals surface area contributed by atoms with Gasteiger partial charge in [-0.25, -0.2) is 0 Å². The van der Waals surface area contributed by atoms with E-state index in [9.17, 15) is 0 Å². The summed E-state index contributed by atoms with van der Waals surface area (Å²) < 4.78 is 23.5. The van der Waals surface area contributed by atoms with Crippen molar-refractivity contribution in [3.8, 4) is 0 Å². The standard InChI is InChI=1S/C5H8O4.4CH3.2Sn/c6-1-5(2-7,3-8)4-9;;;;;;/h1-4H2;4*1H3;;/q-4;;;;;2*+2. The van der Waals surface area contributed by atoms with Crippen molar-refractivity contribution >= 4 is 38.4 Å². The van der Waals surface area contributed by atoms with Crippen molar-refractivity contribution in [1.29, 1.82) is 0 Å². The van der Waals surface area contributed by atoms with E-state index in [1.54, 1.807) is 0 Å². The second kappa shape index (κ2) is 4.27. The van der Waals surface area contributed by atoms with E-state index in [0.717, 1.165) is 26.4 Å². The summed E-state index contributed by atoms with van der Waals surface area (Å²) in [6.07, 6.45) is 0. The number of hydrogen-bond donors (Lipinski definition) is 0. The summed E-state index contributed by atoms with van der Waals surface area (Å²) >= 11 is -5.07. The molecule has 0 unspecified atom stereocenters. The van der Waals surface area contributed by atoms with E-state index in [0.29, 0.717) is 0 Å². The molecular weight excluding hydrogens is 410 g/mol. The maximum absolute atomic E-state index is 5.88. The van der Waals surface area contributed by atoms with E-state index in [4.69, 9.17) is 12.3 Å². The topological polar surface area (TPSA) is 36.9 Å². The van der Waals surface area contributed by atoms with E-state index in [-0.39, 0.29) is 5.41 Å². The summed E-state index contributed by atoms with van der Waals surface area (Å²) in [7, 11) is 0. The van der Waals surface area contributed by atoms with Gasteiger partial charge >= 0.3 is 102 Å². The van der Waals surface area contributed by atoms with E-state index >= 15 is 0 Å². The average molecular weight is 430 g/mol. The van der Waals surface area contributed by atoms with Crippen LogP contribution < -0.4 is 0 Å². The predicted octanol–water partition coefficient (Wildman–Crippen LogP) is 1.47. The molecule has 0 saturated carbocycles. The minimum absolute atomic E-state index is 0.0150. The fourth-order valence-electron chi connectivity index (χ4n) is 1.64. The Balaban J connectivity index is 1.95. The number of rotatable bonds is 0. The molecule has 0 aliphatic carbocycles. The normalized spacial score (nSPS) is 32.8. The Morgan fingerprint density at radius 2 is 0.933 bits per heavy atom. The van der Waals surface area contributed by atoms with Gasteiger partial charge in [0.1, 0.15) is 0 Å². The van der Waals surface area contributed by atoms with Gasteiger partial charge in [-0.15, -0.1) is 0 Å². The van der Waals surface area contributed by atoms with Crippen LogP contribution in [0, 0.1) is 5.41 Å². The van der Waals surface area contributed by atoms with Gasteiger partial charge in [-0.1, -0.05) is 0 Å². The van der Waals surface area contributed by atoms with Crippen LogP contribution in [0.2, 0.25) is 19.8 Å². The quantitative estimate of drug-likeness (QED) is 0.547. The fourth-order valence-corrected chi connectivity index (χ4v) is 9.58. The first kappa shape index (κ1) is 12.9. The summed E-state index contributed by atoms with van der Waals surface area (Å²) in [5.74, 6) is 0. The molecule has 2 aliphatic heterocycles. The van der Waals surface area contributed by atoms with Crippen LogP contribution in [-0.2, 0) is 12.3 Å². The van der Waals surface area contributed by atoms with Gasteiger partial charge < -0.3 is 0 Å². The summed E-state index contributed by atoms with van der Waals surface area (Å²) in [6, 6.07) is 0. The fraction of sp³-hybridized carbons (Fsp3) is 1.00. The van der Waals surface area contributed by atoms with Crippen molar-refractivity contribution in [3.05, 3.63) is 0 Å². The molecule has 6 heteroatoms. The predicted molar refractivity (Wildman–Crippen MR) is 61.2 cm³/mol. The van der Waals surface area contributed by atoms with Crippen molar-refractivity contribution in [3.63, 3.8) is 0 Å². The summed E-state index contributed by atoms with van der Waals surface area (Å²) in [4.78, 5) is 8.59. The molecule has 4 nitrogen and oxygen atoms in total. The first-order valence-electron chi connectivity index (χ1n) is 5.39. The molecule has 2 fully saturated rings. The van der Waals surface area contributed by atoms with Gasteiger partial charge in [0.2, 0.25) is 0 Å². The molecule has 2 aliphatic rings. The van der Waals surface area contributed by atoms with Gasteiger partial charge in [-0.2, -0.15) is 0 Å². The first-order valence-corrected chi connectivity index (χ1v) is 21.5. The van der Waals surface area contributed by atoms with Crippen LogP contribution in [0.3, 0.4) is 0 Å². The molecule has 0 N–H and O–H groups in total. The second-order valence-corrected chi connectivity index (χ2v) is 24.7. The zero-order chi connectivity index (χ0) is 11.2. The van der Waals surface area contributed by atoms with Crippen molar-refractivity contribution in [1.82, 2.24) is 0 Å². The molecular formula is C9H20O4Sn2. The van der Waals surface area contributed by atoms with Crippen molar-refractivity contribution in [2.24, 2.45) is 5.41 Å². The monoisotopic (exact) mass is 432 g/mol. The molecule has 2 rings (SSSR count). The van der Waals surface area contributed by atoms with Crippen LogP contribution in [0.4, 0.5) is 0 Å². The second-order valence-electron chi connectivity index (χ2n) is 5.45. The van der Waals surface area contributed by atoms with Crippen molar-refractivity contribution < 1.29 is 12.3 Å². The van der Waals surface area contributed by atoms with Gasteiger partial charge in [-0.05, 0) is 0 Å². The molecule has 0 bridgehead atoms. The van der Waals surface area contributed by atoms with Crippen molar-refractivity contribution in [2.75, 3.05) is 26.4 Å². The Hall–Kier alpha value is 1.44. The van der Waals surface area contributed by atoms with Gasteiger partial charge in [0.05, 0.1) is 0 Å². The molecule has 0 aromatic carbocycles. The SMILES string of the molecule is [CH3][Sn]1([CH3])[O]CC2(C[O]1)C[O][Sn]([CH3])([CH3])[O]C2. The van der Waals surface area contributed by atoms with E-state index in [1.807, 2.05) is 0 Å². The molecule has 0 amide bonds. The van der Waals surface area contributed by atoms with Crippen LogP contribution in [0.5, 0.6) is 0 Å². The Kier molecular flexibility index (Phi) is 3.67. The summed E-state index contributed by atoms with van der Waals surface area (Å²) in [5.41, 5.74) is -0.0150. The third-order valence-electron chi connectivity index (χ3n) is 2.90. The Bertz CT molecular complexity index is 205. The van der Waals surface area contributed by atoms with Crippen LogP contribution in [0.1, 0.15) is 0 Å². The van der Waals surface area contributed by atoms with Crippen LogP contribution in [0.25, 0.3) is 0 Å². The van der Waals surface area contributed by atoms with Gasteiger partial charge in [0.15, 0.2) is 0 Å². The minimum atomic E-state index is -2.53. The molecule has 0 aromatic heterocycles. The number of hydrogen-bond acceptors (Lipinski definition) is 4. The third kappa shape index (κ3) is 3.22. The third-order valence-corrected chi connectivity index (χ3v) is 12.5. The Morgan fingerprint density at radius 3 is 1.20 bits per heavy atom. The van der Waals surface area contributed by atoms with Crippen LogP contribution in [-0.4, -0.2) is 64.8 Å². The van der Waals surface area contributed by atoms with Crippen LogP contribution in [0.15, 0.2) is 0 Å². The molecule has 2 heterocycles. The van der Waals surface area contributed by atoms with Gasteiger partial charge in [0, 0.05) is 0 Å². The first-order chi connectivity index (χ1) is 6.83. The summed E-state index contributed by atoms with van der Waals surface area (Å²) in [5, 5.41) is 0. The molecule has 2 saturated heterocycles. The molecule has 0 radical (unpaired) electrons. The Morgan fingerprint density at radius 1 is 0.667 bits per heavy atom. The van der Waals surface area contributed by atoms with Gasteiger partial charge in [-0.3, -0.25) is 0 Å². The van der Waals surface area contributed by atoms with E-state index in [1.165, 1.54) is 0 Å². The van der Waals surface area contributed by atoms with E-state index in [2.05, 4.69) is 19.8 Å². The molecule has 0 aromatic rings. The summed E-state index contributed by atoms with van der Waals surface area (Å²) in [6.45, 7) is 3.05. The molecule has 15 heavy (non-hydrogen) atoms. The van der Waals surface area contributed by atoms with E-state index < -0.39 is 38.4 Å². The zero-order valence-electron chi connectivity index (χ0n) is 9.96. The van der Waals surface area contributed by atoms with Crippen LogP contribution >= 0.6 is 0 Å². The van der Waals surface area contributed by atoms with Crippen molar-refractivity contribution in [2.45, 2.75) is 19.8 Å². The molecule has 88 valence electrons. The average Bonchev–Trinajstić information content (AvgIpc) is 2.15.